The summed E-state index contributed by atoms with van der Waals surface area (Å²) >= 11 is 0. The number of esters is 1. The van der Waals surface area contributed by atoms with Crippen molar-refractivity contribution in [3.8, 4) is 0 Å². The maximum Gasteiger partial charge on any atom is 0.306 e. The molecule has 0 spiro atoms. The summed E-state index contributed by atoms with van der Waals surface area (Å²) in [5.74, 6) is -0.0576. The maximum absolute atomic E-state index is 11.8. The maximum atomic E-state index is 11.8. The van der Waals surface area contributed by atoms with Crippen LogP contribution in [0.25, 0.3) is 0 Å². The standard InChI is InChI=1S/C23H38O2/c1-3-5-6-7-8-9-10-11-12-13-14-18-23(24)25-20-22-17-15-16-21(4-2)19-22/h15-17,19H,3-14,18,20H2,1-2H3. The van der Waals surface area contributed by atoms with Crippen molar-refractivity contribution in [3.63, 3.8) is 0 Å². The third kappa shape index (κ3) is 11.8. The minimum absolute atomic E-state index is 0.0576. The van der Waals surface area contributed by atoms with Crippen molar-refractivity contribution < 1.29 is 9.53 Å². The van der Waals surface area contributed by atoms with Crippen LogP contribution in [-0.2, 0) is 22.6 Å². The van der Waals surface area contributed by atoms with Crippen LogP contribution in [-0.4, -0.2) is 5.97 Å². The van der Waals surface area contributed by atoms with E-state index in [2.05, 4.69) is 26.0 Å². The molecule has 0 saturated heterocycles. The Labute approximate surface area is 155 Å². The van der Waals surface area contributed by atoms with Gasteiger partial charge in [0.1, 0.15) is 6.61 Å². The lowest BCUT2D eigenvalue weighted by Gasteiger charge is -2.06. The predicted molar refractivity (Wildman–Crippen MR) is 107 cm³/mol. The number of ether oxygens (including phenoxy) is 1. The van der Waals surface area contributed by atoms with Gasteiger partial charge >= 0.3 is 5.97 Å². The Balaban J connectivity index is 1.93. The van der Waals surface area contributed by atoms with Crippen molar-refractivity contribution in [2.75, 3.05) is 0 Å². The summed E-state index contributed by atoms with van der Waals surface area (Å²) in [6.07, 6.45) is 15.9. The molecule has 0 N–H and O–H groups in total. The predicted octanol–water partition coefficient (Wildman–Crippen LogP) is 6.99. The zero-order chi connectivity index (χ0) is 18.2. The van der Waals surface area contributed by atoms with Gasteiger partial charge in [0.05, 0.1) is 0 Å². The first-order chi connectivity index (χ1) is 12.3. The summed E-state index contributed by atoms with van der Waals surface area (Å²) < 4.78 is 5.38. The molecule has 142 valence electrons. The monoisotopic (exact) mass is 346 g/mol. The van der Waals surface area contributed by atoms with E-state index in [1.165, 1.54) is 63.4 Å². The molecule has 1 rings (SSSR count). The second-order valence-electron chi connectivity index (χ2n) is 7.12. The highest BCUT2D eigenvalue weighted by atomic mass is 16.5. The minimum atomic E-state index is -0.0576. The molecule has 2 heteroatoms. The second kappa shape index (κ2) is 15.0. The zero-order valence-corrected chi connectivity index (χ0v) is 16.5. The Morgan fingerprint density at radius 1 is 0.800 bits per heavy atom. The number of carbonyl (C=O) groups is 1. The molecule has 1 aromatic rings. The molecule has 2 nitrogen and oxygen atoms in total. The molecular formula is C23H38O2. The Hall–Kier alpha value is -1.31. The Bertz CT molecular complexity index is 453. The van der Waals surface area contributed by atoms with E-state index in [0.717, 1.165) is 24.8 Å². The van der Waals surface area contributed by atoms with E-state index >= 15 is 0 Å². The average molecular weight is 347 g/mol. The topological polar surface area (TPSA) is 26.3 Å². The third-order valence-electron chi connectivity index (χ3n) is 4.78. The van der Waals surface area contributed by atoms with E-state index < -0.39 is 0 Å². The van der Waals surface area contributed by atoms with Gasteiger partial charge in [0.2, 0.25) is 0 Å². The first-order valence-corrected chi connectivity index (χ1v) is 10.5. The van der Waals surface area contributed by atoms with Gasteiger partial charge in [-0.3, -0.25) is 4.79 Å². The van der Waals surface area contributed by atoms with Crippen molar-refractivity contribution >= 4 is 5.97 Å². The van der Waals surface area contributed by atoms with E-state index in [9.17, 15) is 4.79 Å². The molecule has 25 heavy (non-hydrogen) atoms. The normalized spacial score (nSPS) is 10.8. The SMILES string of the molecule is CCCCCCCCCCCCCC(=O)OCc1cccc(CC)c1. The lowest BCUT2D eigenvalue weighted by Crippen LogP contribution is -2.04. The lowest BCUT2D eigenvalue weighted by molar-refractivity contribution is -0.145. The van der Waals surface area contributed by atoms with Gasteiger partial charge < -0.3 is 4.74 Å². The largest absolute Gasteiger partial charge is 0.461 e. The van der Waals surface area contributed by atoms with Crippen LogP contribution in [0.5, 0.6) is 0 Å². The molecule has 0 aliphatic rings. The van der Waals surface area contributed by atoms with E-state index in [1.54, 1.807) is 0 Å². The van der Waals surface area contributed by atoms with E-state index in [4.69, 9.17) is 4.74 Å². The van der Waals surface area contributed by atoms with Crippen molar-refractivity contribution in [1.29, 1.82) is 0 Å². The van der Waals surface area contributed by atoms with Gasteiger partial charge in [0, 0.05) is 6.42 Å². The smallest absolute Gasteiger partial charge is 0.306 e. The van der Waals surface area contributed by atoms with Gasteiger partial charge in [0.25, 0.3) is 0 Å². The van der Waals surface area contributed by atoms with Crippen molar-refractivity contribution in [3.05, 3.63) is 35.4 Å². The summed E-state index contributed by atoms with van der Waals surface area (Å²) in [5, 5.41) is 0. The fourth-order valence-corrected chi connectivity index (χ4v) is 3.11. The number of benzene rings is 1. The summed E-state index contributed by atoms with van der Waals surface area (Å²) in [6, 6.07) is 8.28. The lowest BCUT2D eigenvalue weighted by atomic mass is 10.1. The van der Waals surface area contributed by atoms with Crippen LogP contribution in [0.15, 0.2) is 24.3 Å². The quantitative estimate of drug-likeness (QED) is 0.252. The first-order valence-electron chi connectivity index (χ1n) is 10.5. The number of carbonyl (C=O) groups excluding carboxylic acids is 1. The molecule has 0 saturated carbocycles. The Kier molecular flexibility index (Phi) is 13.0. The third-order valence-corrected chi connectivity index (χ3v) is 4.78. The van der Waals surface area contributed by atoms with Gasteiger partial charge in [-0.2, -0.15) is 0 Å². The van der Waals surface area contributed by atoms with Crippen LogP contribution in [0.1, 0.15) is 102 Å². The van der Waals surface area contributed by atoms with Gasteiger partial charge in [-0.25, -0.2) is 0 Å². The van der Waals surface area contributed by atoms with Gasteiger partial charge in [-0.1, -0.05) is 102 Å². The fourth-order valence-electron chi connectivity index (χ4n) is 3.11. The van der Waals surface area contributed by atoms with Crippen molar-refractivity contribution in [2.24, 2.45) is 0 Å². The van der Waals surface area contributed by atoms with Crippen LogP contribution < -0.4 is 0 Å². The molecule has 0 amide bonds. The van der Waals surface area contributed by atoms with Crippen LogP contribution in [0.3, 0.4) is 0 Å². The van der Waals surface area contributed by atoms with Crippen LogP contribution in [0, 0.1) is 0 Å². The first kappa shape index (κ1) is 21.7. The molecule has 1 aromatic carbocycles. The number of aryl methyl sites for hydroxylation is 1. The molecule has 0 atom stereocenters. The summed E-state index contributed by atoms with van der Waals surface area (Å²) in [7, 11) is 0. The molecule has 0 fully saturated rings. The van der Waals surface area contributed by atoms with E-state index in [0.29, 0.717) is 13.0 Å². The van der Waals surface area contributed by atoms with E-state index in [-0.39, 0.29) is 5.97 Å². The highest BCUT2D eigenvalue weighted by molar-refractivity contribution is 5.69. The number of hydrogen-bond donors (Lipinski definition) is 0. The van der Waals surface area contributed by atoms with Crippen LogP contribution in [0.2, 0.25) is 0 Å². The molecule has 0 bridgehead atoms. The molecular weight excluding hydrogens is 308 g/mol. The fraction of sp³-hybridized carbons (Fsp3) is 0.696. The molecule has 0 aliphatic heterocycles. The number of unbranched alkanes of at least 4 members (excludes halogenated alkanes) is 10. The molecule has 0 heterocycles. The highest BCUT2D eigenvalue weighted by Crippen LogP contribution is 2.13. The average Bonchev–Trinajstić information content (AvgIpc) is 2.64. The Morgan fingerprint density at radius 3 is 1.96 bits per heavy atom. The van der Waals surface area contributed by atoms with Crippen LogP contribution in [0.4, 0.5) is 0 Å². The van der Waals surface area contributed by atoms with Gasteiger partial charge in [0.15, 0.2) is 0 Å². The highest BCUT2D eigenvalue weighted by Gasteiger charge is 2.04. The van der Waals surface area contributed by atoms with Gasteiger partial charge in [-0.15, -0.1) is 0 Å². The Morgan fingerprint density at radius 2 is 1.36 bits per heavy atom. The molecule has 0 radical (unpaired) electrons. The molecule has 0 aliphatic carbocycles. The number of hydrogen-bond acceptors (Lipinski definition) is 2. The van der Waals surface area contributed by atoms with Crippen molar-refractivity contribution in [2.45, 2.75) is 104 Å². The minimum Gasteiger partial charge on any atom is -0.461 e. The molecule has 0 aromatic heterocycles. The van der Waals surface area contributed by atoms with Gasteiger partial charge in [-0.05, 0) is 24.0 Å². The summed E-state index contributed by atoms with van der Waals surface area (Å²) in [4.78, 5) is 11.8. The summed E-state index contributed by atoms with van der Waals surface area (Å²) in [6.45, 7) is 4.81. The second-order valence-corrected chi connectivity index (χ2v) is 7.12. The molecule has 0 unspecified atom stereocenters. The van der Waals surface area contributed by atoms with Crippen molar-refractivity contribution in [1.82, 2.24) is 0 Å². The number of rotatable bonds is 15. The summed E-state index contributed by atoms with van der Waals surface area (Å²) in [5.41, 5.74) is 2.38. The van der Waals surface area contributed by atoms with Crippen LogP contribution >= 0.6 is 0 Å². The van der Waals surface area contributed by atoms with E-state index in [1.807, 2.05) is 12.1 Å². The zero-order valence-electron chi connectivity index (χ0n) is 16.5.